The van der Waals surface area contributed by atoms with Gasteiger partial charge in [-0.1, -0.05) is 12.1 Å². The first kappa shape index (κ1) is 16.8. The number of carboxylic acids is 1. The van der Waals surface area contributed by atoms with Crippen LogP contribution in [0.3, 0.4) is 0 Å². The zero-order valence-electron chi connectivity index (χ0n) is 13.5. The van der Waals surface area contributed by atoms with Gasteiger partial charge in [-0.3, -0.25) is 4.79 Å². The highest BCUT2D eigenvalue weighted by atomic mass is 16.5. The molecule has 5 heteroatoms. The second-order valence-corrected chi connectivity index (χ2v) is 5.76. The molecular formula is C18H21NO4. The number of rotatable bonds is 5. The second kappa shape index (κ2) is 6.71. The maximum Gasteiger partial charge on any atom is 0.320 e. The lowest BCUT2D eigenvalue weighted by Crippen LogP contribution is -2.32. The van der Waals surface area contributed by atoms with Gasteiger partial charge in [0.25, 0.3) is 0 Å². The fraction of sp³-hybridized carbons (Fsp3) is 0.278. The van der Waals surface area contributed by atoms with Crippen LogP contribution in [0.25, 0.3) is 0 Å². The van der Waals surface area contributed by atoms with Crippen LogP contribution in [0, 0.1) is 20.8 Å². The average Bonchev–Trinajstić information content (AvgIpc) is 2.46. The van der Waals surface area contributed by atoms with Gasteiger partial charge in [0.1, 0.15) is 23.3 Å². The molecule has 0 aliphatic rings. The van der Waals surface area contributed by atoms with Gasteiger partial charge < -0.3 is 20.7 Å². The summed E-state index contributed by atoms with van der Waals surface area (Å²) in [6.07, 6.45) is 0.273. The van der Waals surface area contributed by atoms with E-state index in [2.05, 4.69) is 0 Å². The largest absolute Gasteiger partial charge is 0.508 e. The summed E-state index contributed by atoms with van der Waals surface area (Å²) >= 11 is 0. The number of carbonyl (C=O) groups is 1. The first-order valence-corrected chi connectivity index (χ1v) is 7.34. The third-order valence-corrected chi connectivity index (χ3v) is 3.68. The Morgan fingerprint density at radius 1 is 1.13 bits per heavy atom. The summed E-state index contributed by atoms with van der Waals surface area (Å²) in [4.78, 5) is 10.9. The Morgan fingerprint density at radius 2 is 1.74 bits per heavy atom. The molecule has 4 N–H and O–H groups in total. The highest BCUT2D eigenvalue weighted by Crippen LogP contribution is 2.32. The minimum atomic E-state index is -1.01. The van der Waals surface area contributed by atoms with Crippen LogP contribution < -0.4 is 10.5 Å². The van der Waals surface area contributed by atoms with Crippen LogP contribution in [0.15, 0.2) is 30.3 Å². The summed E-state index contributed by atoms with van der Waals surface area (Å²) in [6, 6.07) is 7.92. The van der Waals surface area contributed by atoms with Crippen LogP contribution in [-0.4, -0.2) is 22.2 Å². The Labute approximate surface area is 135 Å². The summed E-state index contributed by atoms with van der Waals surface area (Å²) in [5.41, 5.74) is 9.00. The van der Waals surface area contributed by atoms with E-state index in [1.807, 2.05) is 26.0 Å². The Balaban J connectivity index is 2.26. The molecule has 0 aliphatic carbocycles. The minimum absolute atomic E-state index is 0.226. The second-order valence-electron chi connectivity index (χ2n) is 5.76. The van der Waals surface area contributed by atoms with E-state index in [-0.39, 0.29) is 12.2 Å². The fourth-order valence-electron chi connectivity index (χ4n) is 2.47. The molecule has 0 saturated carbocycles. The summed E-state index contributed by atoms with van der Waals surface area (Å²) in [7, 11) is 0. The van der Waals surface area contributed by atoms with Gasteiger partial charge in [0.05, 0.1) is 0 Å². The average molecular weight is 315 g/mol. The molecular weight excluding hydrogens is 294 g/mol. The molecule has 1 atom stereocenters. The van der Waals surface area contributed by atoms with Crippen LogP contribution in [0.1, 0.15) is 22.3 Å². The maximum atomic E-state index is 10.9. The lowest BCUT2D eigenvalue weighted by Gasteiger charge is -2.15. The number of aliphatic carboxylic acids is 1. The molecule has 0 unspecified atom stereocenters. The zero-order valence-corrected chi connectivity index (χ0v) is 13.5. The Kier molecular flexibility index (Phi) is 4.91. The monoisotopic (exact) mass is 315 g/mol. The number of aromatic hydroxyl groups is 1. The number of phenols is 1. The van der Waals surface area contributed by atoms with Crippen molar-refractivity contribution in [2.75, 3.05) is 0 Å². The number of hydrogen-bond donors (Lipinski definition) is 3. The van der Waals surface area contributed by atoms with Crippen LogP contribution in [0.2, 0.25) is 0 Å². The minimum Gasteiger partial charge on any atom is -0.508 e. The lowest BCUT2D eigenvalue weighted by molar-refractivity contribution is -0.138. The summed E-state index contributed by atoms with van der Waals surface area (Å²) < 4.78 is 5.92. The summed E-state index contributed by atoms with van der Waals surface area (Å²) in [5.74, 6) is 0.577. The van der Waals surface area contributed by atoms with E-state index in [0.29, 0.717) is 5.75 Å². The molecule has 0 bridgehead atoms. The van der Waals surface area contributed by atoms with Crippen molar-refractivity contribution in [3.05, 3.63) is 52.6 Å². The van der Waals surface area contributed by atoms with Crippen LogP contribution in [-0.2, 0) is 11.2 Å². The van der Waals surface area contributed by atoms with Gasteiger partial charge in [-0.2, -0.15) is 0 Å². The summed E-state index contributed by atoms with van der Waals surface area (Å²) in [5, 5.41) is 18.5. The van der Waals surface area contributed by atoms with E-state index in [9.17, 15) is 9.90 Å². The lowest BCUT2D eigenvalue weighted by atomic mass is 10.0. The molecule has 0 fully saturated rings. The Morgan fingerprint density at radius 3 is 2.26 bits per heavy atom. The molecule has 0 amide bonds. The third-order valence-electron chi connectivity index (χ3n) is 3.68. The Bertz CT molecular complexity index is 717. The molecule has 23 heavy (non-hydrogen) atoms. The SMILES string of the molecule is Cc1cc(Oc2c(C)cc(C[C@@H](N)C(=O)O)cc2C)ccc1O. The van der Waals surface area contributed by atoms with Gasteiger partial charge in [-0.05, 0) is 67.6 Å². The van der Waals surface area contributed by atoms with Crippen molar-refractivity contribution in [3.8, 4) is 17.2 Å². The fourth-order valence-corrected chi connectivity index (χ4v) is 2.47. The predicted molar refractivity (Wildman–Crippen MR) is 88.1 cm³/mol. The topological polar surface area (TPSA) is 92.8 Å². The number of phenolic OH excluding ortho intramolecular Hbond substituents is 1. The van der Waals surface area contributed by atoms with E-state index < -0.39 is 12.0 Å². The smallest absolute Gasteiger partial charge is 0.320 e. The van der Waals surface area contributed by atoms with E-state index in [1.54, 1.807) is 25.1 Å². The predicted octanol–water partition coefficient (Wildman–Crippen LogP) is 3.06. The first-order valence-electron chi connectivity index (χ1n) is 7.34. The van der Waals surface area contributed by atoms with Crippen molar-refractivity contribution in [2.24, 2.45) is 5.73 Å². The number of hydrogen-bond acceptors (Lipinski definition) is 4. The van der Waals surface area contributed by atoms with Crippen molar-refractivity contribution in [2.45, 2.75) is 33.2 Å². The quantitative estimate of drug-likeness (QED) is 0.788. The van der Waals surface area contributed by atoms with Crippen molar-refractivity contribution in [1.82, 2.24) is 0 Å². The third kappa shape index (κ3) is 4.02. The molecule has 0 aromatic heterocycles. The number of aryl methyl sites for hydroxylation is 3. The van der Waals surface area contributed by atoms with Gasteiger partial charge in [0.15, 0.2) is 0 Å². The normalized spacial score (nSPS) is 12.0. The molecule has 2 rings (SSSR count). The highest BCUT2D eigenvalue weighted by Gasteiger charge is 2.15. The van der Waals surface area contributed by atoms with Crippen molar-refractivity contribution >= 4 is 5.97 Å². The molecule has 0 spiro atoms. The first-order chi connectivity index (χ1) is 10.8. The van der Waals surface area contributed by atoms with Crippen LogP contribution >= 0.6 is 0 Å². The van der Waals surface area contributed by atoms with Crippen molar-refractivity contribution in [3.63, 3.8) is 0 Å². The van der Waals surface area contributed by atoms with Crippen LogP contribution in [0.5, 0.6) is 17.2 Å². The maximum absolute atomic E-state index is 10.9. The van der Waals surface area contributed by atoms with Gasteiger partial charge in [0.2, 0.25) is 0 Å². The van der Waals surface area contributed by atoms with E-state index in [0.717, 1.165) is 28.0 Å². The molecule has 0 aliphatic heterocycles. The standard InChI is InChI=1S/C18H21NO4/c1-10-8-14(4-5-16(10)20)23-17-11(2)6-13(7-12(17)3)9-15(19)18(21)22/h4-8,15,20H,9,19H2,1-3H3,(H,21,22)/t15-/m1/s1. The molecule has 2 aromatic carbocycles. The van der Waals surface area contributed by atoms with Crippen LogP contribution in [0.4, 0.5) is 0 Å². The number of ether oxygens (including phenoxy) is 1. The molecule has 122 valence electrons. The zero-order chi connectivity index (χ0) is 17.1. The molecule has 2 aromatic rings. The molecule has 0 saturated heterocycles. The van der Waals surface area contributed by atoms with E-state index >= 15 is 0 Å². The van der Waals surface area contributed by atoms with Gasteiger partial charge in [-0.15, -0.1) is 0 Å². The number of benzene rings is 2. The number of nitrogens with two attached hydrogens (primary N) is 1. The molecule has 0 heterocycles. The van der Waals surface area contributed by atoms with Crippen molar-refractivity contribution < 1.29 is 19.7 Å². The Hall–Kier alpha value is -2.53. The highest BCUT2D eigenvalue weighted by molar-refractivity contribution is 5.73. The summed E-state index contributed by atoms with van der Waals surface area (Å²) in [6.45, 7) is 5.62. The van der Waals surface area contributed by atoms with E-state index in [1.165, 1.54) is 0 Å². The number of carboxylic acid groups (broad SMARTS) is 1. The molecule has 0 radical (unpaired) electrons. The van der Waals surface area contributed by atoms with Gasteiger partial charge >= 0.3 is 5.97 Å². The van der Waals surface area contributed by atoms with E-state index in [4.69, 9.17) is 15.6 Å². The van der Waals surface area contributed by atoms with Gasteiger partial charge in [-0.25, -0.2) is 0 Å². The molecule has 5 nitrogen and oxygen atoms in total. The van der Waals surface area contributed by atoms with Gasteiger partial charge in [0, 0.05) is 0 Å². The van der Waals surface area contributed by atoms with Crippen molar-refractivity contribution in [1.29, 1.82) is 0 Å².